The van der Waals surface area contributed by atoms with E-state index < -0.39 is 55.4 Å². The zero-order valence-corrected chi connectivity index (χ0v) is 24.0. The average Bonchev–Trinajstić information content (AvgIpc) is 2.93. The predicted octanol–water partition coefficient (Wildman–Crippen LogP) is 3.31. The van der Waals surface area contributed by atoms with Crippen molar-refractivity contribution in [3.63, 3.8) is 0 Å². The first-order valence-electron chi connectivity index (χ1n) is 12.7. The Bertz CT molecular complexity index is 1640. The van der Waals surface area contributed by atoms with Crippen molar-refractivity contribution in [2.24, 2.45) is 5.92 Å². The number of likely N-dealkylation sites (N-methyl/N-ethyl adjacent to an activating group) is 1. The molecule has 8 nitrogen and oxygen atoms in total. The summed E-state index contributed by atoms with van der Waals surface area (Å²) >= 11 is 0. The van der Waals surface area contributed by atoms with E-state index >= 15 is 0 Å². The molecule has 0 amide bonds. The molecule has 3 atom stereocenters. The van der Waals surface area contributed by atoms with Gasteiger partial charge in [0.05, 0.1) is 13.2 Å². The molecule has 11 heteroatoms. The second-order valence-corrected chi connectivity index (χ2v) is 13.6. The first-order valence-corrected chi connectivity index (χ1v) is 15.5. The molecule has 0 bridgehead atoms. The molecule has 3 aromatic rings. The molecule has 4 rings (SSSR count). The Hall–Kier alpha value is -3.27. The number of hydrogen-bond acceptors (Lipinski definition) is 6. The first kappa shape index (κ1) is 29.7. The summed E-state index contributed by atoms with van der Waals surface area (Å²) in [5.41, 5.74) is 1.27. The van der Waals surface area contributed by atoms with E-state index in [0.29, 0.717) is 5.56 Å². The van der Waals surface area contributed by atoms with Crippen molar-refractivity contribution in [3.05, 3.63) is 89.7 Å². The minimum absolute atomic E-state index is 0.0169. The number of benzene rings is 3. The summed E-state index contributed by atoms with van der Waals surface area (Å²) in [5, 5.41) is 9.83. The maximum atomic E-state index is 14.4. The smallest absolute Gasteiger partial charge is 0.247 e. The van der Waals surface area contributed by atoms with Gasteiger partial charge in [-0.3, -0.25) is 0 Å². The Morgan fingerprint density at radius 1 is 1.07 bits per heavy atom. The molecular formula is C29H31FN2O6S2. The Labute approximate surface area is 235 Å². The lowest BCUT2D eigenvalue weighted by atomic mass is 10.0. The fourth-order valence-electron chi connectivity index (χ4n) is 4.36. The second-order valence-electron chi connectivity index (χ2n) is 9.73. The summed E-state index contributed by atoms with van der Waals surface area (Å²) in [5.74, 6) is 4.68. The van der Waals surface area contributed by atoms with Crippen LogP contribution in [0.4, 0.5) is 4.39 Å². The van der Waals surface area contributed by atoms with E-state index in [4.69, 9.17) is 4.74 Å². The van der Waals surface area contributed by atoms with Crippen LogP contribution in [0.3, 0.4) is 0 Å². The molecule has 1 aliphatic heterocycles. The van der Waals surface area contributed by atoms with Crippen LogP contribution in [0.2, 0.25) is 0 Å². The lowest BCUT2D eigenvalue weighted by Gasteiger charge is -2.37. The Morgan fingerprint density at radius 3 is 2.40 bits per heavy atom. The second kappa shape index (κ2) is 12.1. The molecule has 0 unspecified atom stereocenters. The maximum Gasteiger partial charge on any atom is 0.247 e. The molecule has 0 fully saturated rings. The van der Waals surface area contributed by atoms with E-state index in [9.17, 15) is 26.3 Å². The highest BCUT2D eigenvalue weighted by molar-refractivity contribution is 7.89. The van der Waals surface area contributed by atoms with Crippen LogP contribution in [0.5, 0.6) is 5.75 Å². The van der Waals surface area contributed by atoms with Crippen LogP contribution >= 0.6 is 0 Å². The van der Waals surface area contributed by atoms with Crippen LogP contribution in [-0.4, -0.2) is 69.4 Å². The van der Waals surface area contributed by atoms with Gasteiger partial charge in [0.2, 0.25) is 20.0 Å². The first-order chi connectivity index (χ1) is 18.9. The summed E-state index contributed by atoms with van der Waals surface area (Å²) in [4.78, 5) is -0.581. The van der Waals surface area contributed by atoms with E-state index in [1.54, 1.807) is 19.9 Å². The highest BCUT2D eigenvalue weighted by atomic mass is 32.2. The Balaban J connectivity index is 1.75. The number of fused-ring (bicyclic) bond motifs is 1. The monoisotopic (exact) mass is 586 g/mol. The van der Waals surface area contributed by atoms with Gasteiger partial charge in [-0.15, -0.1) is 0 Å². The van der Waals surface area contributed by atoms with Crippen molar-refractivity contribution in [1.82, 2.24) is 8.61 Å². The Morgan fingerprint density at radius 2 is 1.73 bits per heavy atom. The van der Waals surface area contributed by atoms with Crippen LogP contribution in [-0.2, 0) is 20.0 Å². The third kappa shape index (κ3) is 6.22. The standard InChI is InChI=1S/C29H31FN2O6S2/c1-21-18-32(22(2)20-33)40(36,37)29-16-15-24(14-13-23-9-5-4-6-10-23)17-26(29)38-27(21)19-31(3)39(34,35)28-12-8-7-11-25(28)30/h4-12,15-17,21-22,27,33H,18-20H2,1-3H3/t21-,22-,27+/m1/s1. The van der Waals surface area contributed by atoms with Crippen LogP contribution < -0.4 is 4.74 Å². The van der Waals surface area contributed by atoms with Crippen LogP contribution in [0.15, 0.2) is 82.6 Å². The van der Waals surface area contributed by atoms with Crippen molar-refractivity contribution in [2.75, 3.05) is 26.7 Å². The number of hydrogen-bond donors (Lipinski definition) is 1. The lowest BCUT2D eigenvalue weighted by Crippen LogP contribution is -2.50. The van der Waals surface area contributed by atoms with Gasteiger partial charge in [0.15, 0.2) is 0 Å². The van der Waals surface area contributed by atoms with Gasteiger partial charge in [0.1, 0.15) is 27.5 Å². The number of nitrogens with zero attached hydrogens (tertiary/aromatic N) is 2. The highest BCUT2D eigenvalue weighted by Crippen LogP contribution is 2.34. The average molecular weight is 587 g/mol. The van der Waals surface area contributed by atoms with Crippen LogP contribution in [0, 0.1) is 23.6 Å². The summed E-state index contributed by atoms with van der Waals surface area (Å²) in [6.07, 6.45) is -0.813. The molecule has 212 valence electrons. The van der Waals surface area contributed by atoms with E-state index in [-0.39, 0.29) is 23.7 Å². The fourth-order valence-corrected chi connectivity index (χ4v) is 7.43. The minimum atomic E-state index is -4.21. The number of ether oxygens (including phenoxy) is 1. The molecule has 3 aromatic carbocycles. The van der Waals surface area contributed by atoms with Gasteiger partial charge in [0, 0.05) is 36.7 Å². The minimum Gasteiger partial charge on any atom is -0.487 e. The molecule has 0 saturated heterocycles. The summed E-state index contributed by atoms with van der Waals surface area (Å²) in [6, 6.07) is 18.1. The largest absolute Gasteiger partial charge is 0.487 e. The quantitative estimate of drug-likeness (QED) is 0.445. The predicted molar refractivity (Wildman–Crippen MR) is 149 cm³/mol. The van der Waals surface area contributed by atoms with Gasteiger partial charge in [-0.25, -0.2) is 21.2 Å². The van der Waals surface area contributed by atoms with Gasteiger partial charge in [-0.05, 0) is 49.4 Å². The van der Waals surface area contributed by atoms with Crippen molar-refractivity contribution in [3.8, 4) is 17.6 Å². The highest BCUT2D eigenvalue weighted by Gasteiger charge is 2.39. The summed E-state index contributed by atoms with van der Waals surface area (Å²) < 4.78 is 76.6. The molecule has 0 aromatic heterocycles. The molecule has 1 aliphatic rings. The van der Waals surface area contributed by atoms with E-state index in [1.165, 1.54) is 41.7 Å². The molecule has 0 aliphatic carbocycles. The van der Waals surface area contributed by atoms with Gasteiger partial charge in [-0.2, -0.15) is 8.61 Å². The number of aliphatic hydroxyl groups excluding tert-OH is 1. The van der Waals surface area contributed by atoms with Crippen molar-refractivity contribution in [2.45, 2.75) is 35.8 Å². The van der Waals surface area contributed by atoms with Gasteiger partial charge < -0.3 is 9.84 Å². The molecule has 0 saturated carbocycles. The maximum absolute atomic E-state index is 14.4. The summed E-state index contributed by atoms with van der Waals surface area (Å²) in [7, 11) is -6.97. The topological polar surface area (TPSA) is 104 Å². The Kier molecular flexibility index (Phi) is 8.97. The summed E-state index contributed by atoms with van der Waals surface area (Å²) in [6.45, 7) is 2.71. The third-order valence-corrected chi connectivity index (χ3v) is 10.6. The molecule has 1 heterocycles. The zero-order valence-electron chi connectivity index (χ0n) is 22.4. The van der Waals surface area contributed by atoms with E-state index in [0.717, 1.165) is 15.9 Å². The molecule has 0 spiro atoms. The SMILES string of the molecule is C[C@@H]1CN([C@H](C)CO)S(=O)(=O)c2ccc(C#Cc3ccccc3)cc2O[C@H]1CN(C)S(=O)(=O)c1ccccc1F. The zero-order chi connectivity index (χ0) is 29.1. The van der Waals surface area contributed by atoms with Gasteiger partial charge in [-0.1, -0.05) is 49.1 Å². The number of aliphatic hydroxyl groups is 1. The molecular weight excluding hydrogens is 555 g/mol. The fraction of sp³-hybridized carbons (Fsp3) is 0.310. The third-order valence-electron chi connectivity index (χ3n) is 6.75. The molecule has 0 radical (unpaired) electrons. The van der Waals surface area contributed by atoms with Gasteiger partial charge >= 0.3 is 0 Å². The van der Waals surface area contributed by atoms with Crippen molar-refractivity contribution >= 4 is 20.0 Å². The number of rotatable bonds is 6. The van der Waals surface area contributed by atoms with Crippen LogP contribution in [0.25, 0.3) is 0 Å². The molecule has 40 heavy (non-hydrogen) atoms. The van der Waals surface area contributed by atoms with E-state index in [2.05, 4.69) is 11.8 Å². The van der Waals surface area contributed by atoms with E-state index in [1.807, 2.05) is 30.3 Å². The van der Waals surface area contributed by atoms with Crippen molar-refractivity contribution < 1.29 is 31.1 Å². The lowest BCUT2D eigenvalue weighted by molar-refractivity contribution is 0.0904. The van der Waals surface area contributed by atoms with Gasteiger partial charge in [0.25, 0.3) is 0 Å². The number of sulfonamides is 2. The number of halogens is 1. The van der Waals surface area contributed by atoms with Crippen molar-refractivity contribution in [1.29, 1.82) is 0 Å². The normalized spacial score (nSPS) is 19.9. The van der Waals surface area contributed by atoms with Crippen LogP contribution in [0.1, 0.15) is 25.0 Å². The molecule has 1 N–H and O–H groups in total.